The van der Waals surface area contributed by atoms with E-state index in [0.717, 1.165) is 19.3 Å². The van der Waals surface area contributed by atoms with E-state index >= 15 is 0 Å². The standard InChI is InChI=1S/C15H23NO3/c1-4-6-7-10-16-15(17)12-8-9-13(18-3)14(11-12)19-5-2/h8-9,11H,4-7,10H2,1-3H3,(H,16,17). The fraction of sp³-hybridized carbons (Fsp3) is 0.533. The van der Waals surface area contributed by atoms with E-state index in [1.807, 2.05) is 6.92 Å². The van der Waals surface area contributed by atoms with Crippen LogP contribution in [0.25, 0.3) is 0 Å². The first kappa shape index (κ1) is 15.3. The normalized spacial score (nSPS) is 10.1. The molecule has 4 heteroatoms. The minimum absolute atomic E-state index is 0.0697. The van der Waals surface area contributed by atoms with Crippen LogP contribution in [0.4, 0.5) is 0 Å². The summed E-state index contributed by atoms with van der Waals surface area (Å²) in [4.78, 5) is 12.0. The van der Waals surface area contributed by atoms with Gasteiger partial charge in [-0.1, -0.05) is 19.8 Å². The predicted molar refractivity (Wildman–Crippen MR) is 76.0 cm³/mol. The molecule has 0 atom stereocenters. The Bertz CT molecular complexity index is 404. The van der Waals surface area contributed by atoms with E-state index < -0.39 is 0 Å². The lowest BCUT2D eigenvalue weighted by molar-refractivity contribution is 0.0952. The Balaban J connectivity index is 2.66. The van der Waals surface area contributed by atoms with E-state index in [2.05, 4.69) is 12.2 Å². The van der Waals surface area contributed by atoms with Crippen molar-refractivity contribution in [3.05, 3.63) is 23.8 Å². The molecule has 0 bridgehead atoms. The lowest BCUT2D eigenvalue weighted by atomic mass is 10.2. The lowest BCUT2D eigenvalue weighted by Crippen LogP contribution is -2.24. The Labute approximate surface area is 115 Å². The van der Waals surface area contributed by atoms with Crippen molar-refractivity contribution in [2.24, 2.45) is 0 Å². The largest absolute Gasteiger partial charge is 0.493 e. The van der Waals surface area contributed by atoms with Crippen molar-refractivity contribution in [2.75, 3.05) is 20.3 Å². The summed E-state index contributed by atoms with van der Waals surface area (Å²) in [7, 11) is 1.59. The molecule has 0 unspecified atom stereocenters. The second-order valence-electron chi connectivity index (χ2n) is 4.26. The van der Waals surface area contributed by atoms with Gasteiger partial charge in [-0.25, -0.2) is 0 Å². The van der Waals surface area contributed by atoms with Gasteiger partial charge in [-0.3, -0.25) is 4.79 Å². The van der Waals surface area contributed by atoms with Crippen molar-refractivity contribution in [1.29, 1.82) is 0 Å². The molecule has 4 nitrogen and oxygen atoms in total. The zero-order valence-electron chi connectivity index (χ0n) is 12.0. The summed E-state index contributed by atoms with van der Waals surface area (Å²) in [5, 5.41) is 2.91. The molecular formula is C15H23NO3. The van der Waals surface area contributed by atoms with E-state index in [1.54, 1.807) is 25.3 Å². The summed E-state index contributed by atoms with van der Waals surface area (Å²) in [5.74, 6) is 1.18. The maximum Gasteiger partial charge on any atom is 0.251 e. The molecule has 1 rings (SSSR count). The third-order valence-electron chi connectivity index (χ3n) is 2.79. The predicted octanol–water partition coefficient (Wildman–Crippen LogP) is 3.01. The van der Waals surface area contributed by atoms with Crippen LogP contribution >= 0.6 is 0 Å². The molecule has 0 radical (unpaired) electrons. The molecule has 0 aromatic heterocycles. The van der Waals surface area contributed by atoms with Crippen LogP contribution in [0.15, 0.2) is 18.2 Å². The van der Waals surface area contributed by atoms with Crippen LogP contribution in [0.1, 0.15) is 43.5 Å². The van der Waals surface area contributed by atoms with E-state index in [0.29, 0.717) is 30.2 Å². The van der Waals surface area contributed by atoms with E-state index in [9.17, 15) is 4.79 Å². The van der Waals surface area contributed by atoms with E-state index in [4.69, 9.17) is 9.47 Å². The van der Waals surface area contributed by atoms with Gasteiger partial charge in [0.15, 0.2) is 11.5 Å². The van der Waals surface area contributed by atoms with E-state index in [-0.39, 0.29) is 5.91 Å². The Kier molecular flexibility index (Phi) is 6.79. The highest BCUT2D eigenvalue weighted by molar-refractivity contribution is 5.94. The molecular weight excluding hydrogens is 242 g/mol. The van der Waals surface area contributed by atoms with Crippen LogP contribution in [-0.4, -0.2) is 26.2 Å². The van der Waals surface area contributed by atoms with Crippen LogP contribution in [0.5, 0.6) is 11.5 Å². The summed E-state index contributed by atoms with van der Waals surface area (Å²) in [5.41, 5.74) is 0.598. The van der Waals surface area contributed by atoms with Crippen LogP contribution in [0.3, 0.4) is 0 Å². The van der Waals surface area contributed by atoms with Crippen molar-refractivity contribution in [3.63, 3.8) is 0 Å². The fourth-order valence-electron chi connectivity index (χ4n) is 1.77. The van der Waals surface area contributed by atoms with Gasteiger partial charge < -0.3 is 14.8 Å². The van der Waals surface area contributed by atoms with Gasteiger partial charge in [0, 0.05) is 12.1 Å². The van der Waals surface area contributed by atoms with Gasteiger partial charge in [0.2, 0.25) is 0 Å². The topological polar surface area (TPSA) is 47.6 Å². The van der Waals surface area contributed by atoms with Crippen LogP contribution in [0, 0.1) is 0 Å². The Morgan fingerprint density at radius 2 is 2.00 bits per heavy atom. The minimum atomic E-state index is -0.0697. The van der Waals surface area contributed by atoms with Gasteiger partial charge in [-0.05, 0) is 31.5 Å². The van der Waals surface area contributed by atoms with Crippen molar-refractivity contribution in [1.82, 2.24) is 5.32 Å². The number of unbranched alkanes of at least 4 members (excludes halogenated alkanes) is 2. The average molecular weight is 265 g/mol. The smallest absolute Gasteiger partial charge is 0.251 e. The molecule has 1 aromatic carbocycles. The molecule has 0 spiro atoms. The Morgan fingerprint density at radius 3 is 2.63 bits per heavy atom. The highest BCUT2D eigenvalue weighted by atomic mass is 16.5. The average Bonchev–Trinajstić information content (AvgIpc) is 2.43. The fourth-order valence-corrected chi connectivity index (χ4v) is 1.77. The third kappa shape index (κ3) is 4.81. The summed E-state index contributed by atoms with van der Waals surface area (Å²) in [6.07, 6.45) is 3.29. The summed E-state index contributed by atoms with van der Waals surface area (Å²) >= 11 is 0. The summed E-state index contributed by atoms with van der Waals surface area (Å²) in [6, 6.07) is 5.22. The second kappa shape index (κ2) is 8.40. The number of rotatable bonds is 8. The van der Waals surface area contributed by atoms with Crippen LogP contribution < -0.4 is 14.8 Å². The van der Waals surface area contributed by atoms with Gasteiger partial charge in [-0.15, -0.1) is 0 Å². The maximum absolute atomic E-state index is 12.0. The monoisotopic (exact) mass is 265 g/mol. The van der Waals surface area contributed by atoms with Crippen molar-refractivity contribution < 1.29 is 14.3 Å². The van der Waals surface area contributed by atoms with Gasteiger partial charge >= 0.3 is 0 Å². The highest BCUT2D eigenvalue weighted by Gasteiger charge is 2.10. The molecule has 0 fully saturated rings. The van der Waals surface area contributed by atoms with Crippen LogP contribution in [-0.2, 0) is 0 Å². The van der Waals surface area contributed by atoms with Crippen molar-refractivity contribution >= 4 is 5.91 Å². The molecule has 0 heterocycles. The molecule has 0 saturated heterocycles. The molecule has 1 amide bonds. The van der Waals surface area contributed by atoms with Gasteiger partial charge in [-0.2, -0.15) is 0 Å². The van der Waals surface area contributed by atoms with Crippen molar-refractivity contribution in [3.8, 4) is 11.5 Å². The molecule has 0 aliphatic rings. The molecule has 106 valence electrons. The molecule has 0 aliphatic carbocycles. The molecule has 1 N–H and O–H groups in total. The van der Waals surface area contributed by atoms with E-state index in [1.165, 1.54) is 0 Å². The van der Waals surface area contributed by atoms with Crippen molar-refractivity contribution in [2.45, 2.75) is 33.1 Å². The Morgan fingerprint density at radius 1 is 1.21 bits per heavy atom. The third-order valence-corrected chi connectivity index (χ3v) is 2.79. The number of ether oxygens (including phenoxy) is 2. The maximum atomic E-state index is 12.0. The molecule has 1 aromatic rings. The summed E-state index contributed by atoms with van der Waals surface area (Å²) in [6.45, 7) is 5.29. The summed E-state index contributed by atoms with van der Waals surface area (Å²) < 4.78 is 10.6. The SMILES string of the molecule is CCCCCNC(=O)c1ccc(OC)c(OCC)c1. The lowest BCUT2D eigenvalue weighted by Gasteiger charge is -2.11. The first-order valence-corrected chi connectivity index (χ1v) is 6.82. The first-order chi connectivity index (χ1) is 9.22. The quantitative estimate of drug-likeness (QED) is 0.735. The number of amides is 1. The zero-order valence-corrected chi connectivity index (χ0v) is 12.0. The number of hydrogen-bond acceptors (Lipinski definition) is 3. The molecule has 19 heavy (non-hydrogen) atoms. The number of carbonyl (C=O) groups excluding carboxylic acids is 1. The van der Waals surface area contributed by atoms with Gasteiger partial charge in [0.25, 0.3) is 5.91 Å². The number of nitrogens with one attached hydrogen (secondary N) is 1. The van der Waals surface area contributed by atoms with Gasteiger partial charge in [0.1, 0.15) is 0 Å². The molecule has 0 saturated carbocycles. The zero-order chi connectivity index (χ0) is 14.1. The number of methoxy groups -OCH3 is 1. The van der Waals surface area contributed by atoms with Crippen LogP contribution in [0.2, 0.25) is 0 Å². The second-order valence-corrected chi connectivity index (χ2v) is 4.26. The number of carbonyl (C=O) groups is 1. The molecule has 0 aliphatic heterocycles. The Hall–Kier alpha value is -1.71. The van der Waals surface area contributed by atoms with Gasteiger partial charge in [0.05, 0.1) is 13.7 Å². The first-order valence-electron chi connectivity index (χ1n) is 6.82. The minimum Gasteiger partial charge on any atom is -0.493 e. The highest BCUT2D eigenvalue weighted by Crippen LogP contribution is 2.27. The number of benzene rings is 1. The number of hydrogen-bond donors (Lipinski definition) is 1.